The van der Waals surface area contributed by atoms with Crippen molar-refractivity contribution in [1.82, 2.24) is 20.1 Å². The molecule has 9 nitrogen and oxygen atoms in total. The third kappa shape index (κ3) is 4.36. The Morgan fingerprint density at radius 2 is 2.00 bits per heavy atom. The highest BCUT2D eigenvalue weighted by Gasteiger charge is 2.41. The average molecular weight is 473 g/mol. The van der Waals surface area contributed by atoms with Crippen LogP contribution in [0.2, 0.25) is 0 Å². The molecule has 1 aliphatic carbocycles. The van der Waals surface area contributed by atoms with Crippen molar-refractivity contribution in [1.29, 1.82) is 0 Å². The zero-order chi connectivity index (χ0) is 24.0. The summed E-state index contributed by atoms with van der Waals surface area (Å²) in [5.41, 5.74) is 5.25. The van der Waals surface area contributed by atoms with Crippen molar-refractivity contribution in [2.75, 3.05) is 31.2 Å². The molecule has 2 aliphatic heterocycles. The molecule has 1 saturated heterocycles. The minimum Gasteiger partial charge on any atom is -0.378 e. The molecule has 6 rings (SSSR count). The van der Waals surface area contributed by atoms with E-state index in [4.69, 9.17) is 19.2 Å². The first-order valence-electron chi connectivity index (χ1n) is 12.2. The Morgan fingerprint density at radius 3 is 2.80 bits per heavy atom. The SMILES string of the molecule is C[C@@H](CC(=O)c1cc(N2CCOCC2)ncn1)c1cc(C2=Nc3ccc(C4(C)CC4)nc3C2)no1. The normalized spacial score (nSPS) is 19.3. The van der Waals surface area contributed by atoms with Gasteiger partial charge in [0.15, 0.2) is 5.78 Å². The summed E-state index contributed by atoms with van der Waals surface area (Å²) in [4.78, 5) is 33.2. The Balaban J connectivity index is 1.12. The van der Waals surface area contributed by atoms with Gasteiger partial charge in [-0.15, -0.1) is 0 Å². The molecule has 180 valence electrons. The third-order valence-corrected chi connectivity index (χ3v) is 7.23. The molecule has 35 heavy (non-hydrogen) atoms. The maximum atomic E-state index is 13.0. The predicted octanol–water partition coefficient (Wildman–Crippen LogP) is 3.80. The summed E-state index contributed by atoms with van der Waals surface area (Å²) >= 11 is 0. The molecule has 0 amide bonds. The monoisotopic (exact) mass is 472 g/mol. The van der Waals surface area contributed by atoms with E-state index in [0.29, 0.717) is 36.8 Å². The lowest BCUT2D eigenvalue weighted by atomic mass is 9.99. The van der Waals surface area contributed by atoms with E-state index in [-0.39, 0.29) is 23.5 Å². The quantitative estimate of drug-likeness (QED) is 0.478. The Morgan fingerprint density at radius 1 is 1.17 bits per heavy atom. The fourth-order valence-corrected chi connectivity index (χ4v) is 4.60. The van der Waals surface area contributed by atoms with Crippen LogP contribution in [0.1, 0.15) is 72.4 Å². The van der Waals surface area contributed by atoms with E-state index in [1.54, 1.807) is 6.07 Å². The number of ether oxygens (including phenoxy) is 1. The first kappa shape index (κ1) is 22.0. The number of nitrogens with zero attached hydrogens (tertiary/aromatic N) is 6. The molecule has 3 aliphatic rings. The van der Waals surface area contributed by atoms with Gasteiger partial charge in [0.25, 0.3) is 0 Å². The van der Waals surface area contributed by atoms with E-state index in [1.165, 1.54) is 19.2 Å². The van der Waals surface area contributed by atoms with Crippen molar-refractivity contribution >= 4 is 23.0 Å². The number of pyridine rings is 1. The van der Waals surface area contributed by atoms with Gasteiger partial charge in [-0.2, -0.15) is 0 Å². The lowest BCUT2D eigenvalue weighted by Crippen LogP contribution is -2.36. The van der Waals surface area contributed by atoms with E-state index < -0.39 is 0 Å². The molecule has 0 unspecified atom stereocenters. The topological polar surface area (TPSA) is 107 Å². The Kier molecular flexibility index (Phi) is 5.44. The number of aliphatic imine (C=N–C) groups is 1. The number of hydrogen-bond acceptors (Lipinski definition) is 9. The number of Topliss-reactive ketones (excluding diaryl/α,β-unsaturated/α-hetero) is 1. The van der Waals surface area contributed by atoms with Crippen LogP contribution < -0.4 is 4.90 Å². The highest BCUT2D eigenvalue weighted by Crippen LogP contribution is 2.47. The van der Waals surface area contributed by atoms with E-state index in [2.05, 4.69) is 39.1 Å². The summed E-state index contributed by atoms with van der Waals surface area (Å²) in [6, 6.07) is 7.81. The number of rotatable bonds is 7. The molecule has 3 aromatic rings. The molecular formula is C26H28N6O3. The molecule has 2 fully saturated rings. The highest BCUT2D eigenvalue weighted by atomic mass is 16.5. The lowest BCUT2D eigenvalue weighted by molar-refractivity contribution is 0.0966. The van der Waals surface area contributed by atoms with E-state index in [1.807, 2.05) is 13.0 Å². The van der Waals surface area contributed by atoms with Crippen LogP contribution in [0.25, 0.3) is 0 Å². The number of carbonyl (C=O) groups is 1. The summed E-state index contributed by atoms with van der Waals surface area (Å²) in [7, 11) is 0. The van der Waals surface area contributed by atoms with Crippen molar-refractivity contribution in [3.63, 3.8) is 0 Å². The average Bonchev–Trinajstić information content (AvgIpc) is 3.28. The van der Waals surface area contributed by atoms with Gasteiger partial charge >= 0.3 is 0 Å². The molecule has 9 heteroatoms. The van der Waals surface area contributed by atoms with Gasteiger partial charge in [-0.05, 0) is 25.0 Å². The molecule has 1 saturated carbocycles. The van der Waals surface area contributed by atoms with Gasteiger partial charge in [-0.1, -0.05) is 19.0 Å². The van der Waals surface area contributed by atoms with Gasteiger partial charge in [-0.25, -0.2) is 15.0 Å². The first-order chi connectivity index (χ1) is 17.0. The standard InChI is InChI=1S/C26H28N6O3/c1-16(11-22(33)21-14-25(28-15-27-21)32-7-9-34-10-8-32)23-13-20(31-35-23)19-12-18-17(29-19)3-4-24(30-18)26(2)5-6-26/h3-4,13-16H,5-12H2,1-2H3/t16-/m0/s1. The van der Waals surface area contributed by atoms with Crippen LogP contribution in [-0.2, 0) is 16.6 Å². The van der Waals surface area contributed by atoms with Crippen molar-refractivity contribution in [3.05, 3.63) is 59.1 Å². The fraction of sp³-hybridized carbons (Fsp3) is 0.462. The molecular weight excluding hydrogens is 444 g/mol. The van der Waals surface area contributed by atoms with Crippen molar-refractivity contribution in [3.8, 4) is 0 Å². The minimum absolute atomic E-state index is 0.0525. The zero-order valence-electron chi connectivity index (χ0n) is 20.0. The maximum absolute atomic E-state index is 13.0. The minimum atomic E-state index is -0.144. The summed E-state index contributed by atoms with van der Waals surface area (Å²) in [5, 5.41) is 4.25. The Bertz CT molecular complexity index is 1310. The molecule has 0 radical (unpaired) electrons. The van der Waals surface area contributed by atoms with Gasteiger partial charge in [0.2, 0.25) is 0 Å². The number of carbonyl (C=O) groups excluding carboxylic acids is 1. The van der Waals surface area contributed by atoms with Crippen LogP contribution in [0.4, 0.5) is 11.5 Å². The second kappa shape index (κ2) is 8.64. The number of ketones is 1. The van der Waals surface area contributed by atoms with E-state index >= 15 is 0 Å². The van der Waals surface area contributed by atoms with E-state index in [0.717, 1.165) is 41.7 Å². The number of aromatic nitrogens is 4. The Hall–Kier alpha value is -3.46. The van der Waals surface area contributed by atoms with Gasteiger partial charge in [0.1, 0.15) is 29.3 Å². The van der Waals surface area contributed by atoms with Crippen LogP contribution in [0.3, 0.4) is 0 Å². The molecule has 0 aromatic carbocycles. The van der Waals surface area contributed by atoms with Crippen LogP contribution in [0, 0.1) is 0 Å². The molecule has 0 bridgehead atoms. The van der Waals surface area contributed by atoms with Crippen molar-refractivity contribution in [2.45, 2.75) is 50.9 Å². The van der Waals surface area contributed by atoms with Gasteiger partial charge in [0, 0.05) is 55.1 Å². The summed E-state index contributed by atoms with van der Waals surface area (Å²) in [6.07, 6.45) is 4.75. The number of morpholine rings is 1. The number of fused-ring (bicyclic) bond motifs is 1. The van der Waals surface area contributed by atoms with Crippen LogP contribution in [0.15, 0.2) is 40.1 Å². The second-order valence-corrected chi connectivity index (χ2v) is 9.96. The maximum Gasteiger partial charge on any atom is 0.182 e. The Labute approximate surface area is 203 Å². The van der Waals surface area contributed by atoms with Crippen LogP contribution >= 0.6 is 0 Å². The van der Waals surface area contributed by atoms with Gasteiger partial charge in [0.05, 0.1) is 30.3 Å². The van der Waals surface area contributed by atoms with Crippen molar-refractivity contribution < 1.29 is 14.1 Å². The summed E-state index contributed by atoms with van der Waals surface area (Å²) in [5.74, 6) is 1.22. The lowest BCUT2D eigenvalue weighted by Gasteiger charge is -2.27. The largest absolute Gasteiger partial charge is 0.378 e. The third-order valence-electron chi connectivity index (χ3n) is 7.23. The molecule has 1 atom stereocenters. The predicted molar refractivity (Wildman–Crippen MR) is 130 cm³/mol. The van der Waals surface area contributed by atoms with Gasteiger partial charge < -0.3 is 14.2 Å². The second-order valence-electron chi connectivity index (χ2n) is 9.96. The summed E-state index contributed by atoms with van der Waals surface area (Å²) < 4.78 is 11.0. The fourth-order valence-electron chi connectivity index (χ4n) is 4.60. The number of hydrogen-bond donors (Lipinski definition) is 0. The van der Waals surface area contributed by atoms with Crippen LogP contribution in [-0.4, -0.2) is 57.9 Å². The van der Waals surface area contributed by atoms with Gasteiger partial charge in [-0.3, -0.25) is 9.78 Å². The molecule has 3 aromatic heterocycles. The van der Waals surface area contributed by atoms with Crippen LogP contribution in [0.5, 0.6) is 0 Å². The summed E-state index contributed by atoms with van der Waals surface area (Å²) in [6.45, 7) is 7.05. The molecule has 5 heterocycles. The van der Waals surface area contributed by atoms with E-state index in [9.17, 15) is 4.79 Å². The first-order valence-corrected chi connectivity index (χ1v) is 12.2. The molecule has 0 spiro atoms. The molecule has 0 N–H and O–H groups in total. The highest BCUT2D eigenvalue weighted by molar-refractivity contribution is 6.04. The zero-order valence-corrected chi connectivity index (χ0v) is 20.0. The smallest absolute Gasteiger partial charge is 0.182 e. The number of anilines is 1. The van der Waals surface area contributed by atoms with Crippen molar-refractivity contribution in [2.24, 2.45) is 4.99 Å².